The number of hydrogen-bond acceptors (Lipinski definition) is 3. The lowest BCUT2D eigenvalue weighted by atomic mass is 10.1. The van der Waals surface area contributed by atoms with Crippen LogP contribution in [0.25, 0.3) is 22.3 Å². The average Bonchev–Trinajstić information content (AvgIpc) is 2.43. The Kier molecular flexibility index (Phi) is 3.39. The van der Waals surface area contributed by atoms with Crippen LogP contribution >= 0.6 is 39.1 Å². The maximum absolute atomic E-state index is 6.01. The summed E-state index contributed by atoms with van der Waals surface area (Å²) in [5.74, 6) is 0.412. The fourth-order valence-corrected chi connectivity index (χ4v) is 2.36. The lowest BCUT2D eigenvalue weighted by Gasteiger charge is -2.06. The summed E-state index contributed by atoms with van der Waals surface area (Å²) in [5, 5.41) is 2.56. The molecule has 2 aromatic heterocycles. The van der Waals surface area contributed by atoms with Gasteiger partial charge in [0.1, 0.15) is 16.0 Å². The first-order valence-corrected chi connectivity index (χ1v) is 6.94. The maximum atomic E-state index is 6.01. The molecule has 0 aliphatic heterocycles. The van der Waals surface area contributed by atoms with Gasteiger partial charge in [-0.25, -0.2) is 9.97 Å². The molecule has 0 saturated carbocycles. The Morgan fingerprint density at radius 2 is 1.63 bits per heavy atom. The molecule has 0 radical (unpaired) electrons. The van der Waals surface area contributed by atoms with Crippen LogP contribution in [0.4, 0.5) is 0 Å². The number of pyridine rings is 1. The van der Waals surface area contributed by atoms with E-state index in [2.05, 4.69) is 30.9 Å². The van der Waals surface area contributed by atoms with E-state index in [1.54, 1.807) is 6.20 Å². The lowest BCUT2D eigenvalue weighted by molar-refractivity contribution is 1.14. The third-order valence-corrected chi connectivity index (χ3v) is 4.41. The monoisotopic (exact) mass is 353 g/mol. The SMILES string of the molecule is Clc1nc(-c2nccc3ccccc23)nc(Cl)c1Br. The molecule has 94 valence electrons. The van der Waals surface area contributed by atoms with E-state index in [-0.39, 0.29) is 10.3 Å². The maximum Gasteiger partial charge on any atom is 0.181 e. The highest BCUT2D eigenvalue weighted by molar-refractivity contribution is 9.10. The molecule has 0 amide bonds. The molecule has 0 N–H and O–H groups in total. The van der Waals surface area contributed by atoms with Gasteiger partial charge in [0.05, 0.1) is 4.47 Å². The zero-order valence-electron chi connectivity index (χ0n) is 9.44. The Labute approximate surface area is 127 Å². The summed E-state index contributed by atoms with van der Waals surface area (Å²) in [6.07, 6.45) is 1.71. The van der Waals surface area contributed by atoms with E-state index in [1.165, 1.54) is 0 Å². The van der Waals surface area contributed by atoms with E-state index in [0.717, 1.165) is 10.8 Å². The van der Waals surface area contributed by atoms with Crippen molar-refractivity contribution in [3.05, 3.63) is 51.3 Å². The van der Waals surface area contributed by atoms with E-state index in [4.69, 9.17) is 23.2 Å². The van der Waals surface area contributed by atoms with Crippen LogP contribution in [0.15, 0.2) is 41.0 Å². The summed E-state index contributed by atoms with van der Waals surface area (Å²) in [7, 11) is 0. The van der Waals surface area contributed by atoms with Gasteiger partial charge in [0.25, 0.3) is 0 Å². The van der Waals surface area contributed by atoms with Gasteiger partial charge in [0.15, 0.2) is 5.82 Å². The standard InChI is InChI=1S/C13H6BrCl2N3/c14-9-11(15)18-13(19-12(9)16)10-8-4-2-1-3-7(8)5-6-17-10/h1-6H. The minimum absolute atomic E-state index is 0.268. The van der Waals surface area contributed by atoms with Gasteiger partial charge in [0.2, 0.25) is 0 Å². The number of hydrogen-bond donors (Lipinski definition) is 0. The van der Waals surface area contributed by atoms with E-state index in [9.17, 15) is 0 Å². The number of benzene rings is 1. The van der Waals surface area contributed by atoms with Crippen LogP contribution < -0.4 is 0 Å². The predicted molar refractivity (Wildman–Crippen MR) is 80.5 cm³/mol. The Bertz CT molecular complexity index is 748. The first kappa shape index (κ1) is 12.8. The van der Waals surface area contributed by atoms with Gasteiger partial charge in [-0.15, -0.1) is 0 Å². The van der Waals surface area contributed by atoms with Crippen LogP contribution in [-0.2, 0) is 0 Å². The number of nitrogens with zero attached hydrogens (tertiary/aromatic N) is 3. The molecule has 0 aliphatic carbocycles. The summed E-state index contributed by atoms with van der Waals surface area (Å²) in [4.78, 5) is 12.8. The Morgan fingerprint density at radius 1 is 0.947 bits per heavy atom. The van der Waals surface area contributed by atoms with Gasteiger partial charge in [-0.3, -0.25) is 4.98 Å². The van der Waals surface area contributed by atoms with Gasteiger partial charge in [0, 0.05) is 11.6 Å². The molecule has 3 rings (SSSR count). The second kappa shape index (κ2) is 5.04. The van der Waals surface area contributed by atoms with Crippen molar-refractivity contribution in [2.24, 2.45) is 0 Å². The molecular formula is C13H6BrCl2N3. The summed E-state index contributed by atoms with van der Waals surface area (Å²) in [6, 6.07) is 9.80. The highest BCUT2D eigenvalue weighted by Gasteiger charge is 2.13. The Morgan fingerprint density at radius 3 is 2.37 bits per heavy atom. The fourth-order valence-electron chi connectivity index (χ4n) is 1.80. The molecule has 19 heavy (non-hydrogen) atoms. The van der Waals surface area contributed by atoms with Crippen molar-refractivity contribution in [3.63, 3.8) is 0 Å². The average molecular weight is 355 g/mol. The molecule has 0 aliphatic rings. The highest BCUT2D eigenvalue weighted by atomic mass is 79.9. The molecule has 3 nitrogen and oxygen atoms in total. The molecule has 0 atom stereocenters. The molecular weight excluding hydrogens is 349 g/mol. The van der Waals surface area contributed by atoms with E-state index >= 15 is 0 Å². The first-order chi connectivity index (χ1) is 9.16. The summed E-state index contributed by atoms with van der Waals surface area (Å²) in [6.45, 7) is 0. The molecule has 3 aromatic rings. The zero-order valence-corrected chi connectivity index (χ0v) is 12.5. The second-order valence-electron chi connectivity index (χ2n) is 3.82. The molecule has 2 heterocycles. The minimum atomic E-state index is 0.268. The third-order valence-electron chi connectivity index (χ3n) is 2.66. The van der Waals surface area contributed by atoms with Crippen LogP contribution in [0.5, 0.6) is 0 Å². The fraction of sp³-hybridized carbons (Fsp3) is 0. The molecule has 6 heteroatoms. The van der Waals surface area contributed by atoms with Crippen molar-refractivity contribution in [2.75, 3.05) is 0 Å². The van der Waals surface area contributed by atoms with Crippen molar-refractivity contribution in [1.82, 2.24) is 15.0 Å². The first-order valence-electron chi connectivity index (χ1n) is 5.39. The normalized spacial score (nSPS) is 10.9. The van der Waals surface area contributed by atoms with Crippen LogP contribution in [-0.4, -0.2) is 15.0 Å². The van der Waals surface area contributed by atoms with Gasteiger partial charge >= 0.3 is 0 Å². The Hall–Kier alpha value is -1.23. The minimum Gasteiger partial charge on any atom is -0.252 e. The van der Waals surface area contributed by atoms with Gasteiger partial charge in [-0.05, 0) is 27.4 Å². The number of fused-ring (bicyclic) bond motifs is 1. The molecule has 0 bridgehead atoms. The van der Waals surface area contributed by atoms with E-state index in [0.29, 0.717) is 16.0 Å². The quantitative estimate of drug-likeness (QED) is 0.591. The van der Waals surface area contributed by atoms with E-state index < -0.39 is 0 Å². The van der Waals surface area contributed by atoms with Gasteiger partial charge in [-0.1, -0.05) is 47.5 Å². The molecule has 0 fully saturated rings. The van der Waals surface area contributed by atoms with Gasteiger partial charge in [-0.2, -0.15) is 0 Å². The smallest absolute Gasteiger partial charge is 0.181 e. The summed E-state index contributed by atoms with van der Waals surface area (Å²) in [5.41, 5.74) is 0.661. The topological polar surface area (TPSA) is 38.7 Å². The largest absolute Gasteiger partial charge is 0.252 e. The van der Waals surface area contributed by atoms with Crippen LogP contribution in [0.3, 0.4) is 0 Å². The van der Waals surface area contributed by atoms with Crippen LogP contribution in [0.2, 0.25) is 10.3 Å². The van der Waals surface area contributed by atoms with Crippen LogP contribution in [0, 0.1) is 0 Å². The molecule has 1 aromatic carbocycles. The Balaban J connectivity index is 2.31. The second-order valence-corrected chi connectivity index (χ2v) is 5.33. The van der Waals surface area contributed by atoms with E-state index in [1.807, 2.05) is 30.3 Å². The predicted octanol–water partition coefficient (Wildman–Crippen LogP) is 4.76. The van der Waals surface area contributed by atoms with Crippen molar-refractivity contribution in [3.8, 4) is 11.5 Å². The molecule has 0 unspecified atom stereocenters. The summed E-state index contributed by atoms with van der Waals surface area (Å²) < 4.78 is 0.486. The van der Waals surface area contributed by atoms with Crippen LogP contribution in [0.1, 0.15) is 0 Å². The molecule has 0 spiro atoms. The molecule has 0 saturated heterocycles. The number of halogens is 3. The number of rotatable bonds is 1. The van der Waals surface area contributed by atoms with Crippen molar-refractivity contribution < 1.29 is 0 Å². The number of aromatic nitrogens is 3. The highest BCUT2D eigenvalue weighted by Crippen LogP contribution is 2.31. The van der Waals surface area contributed by atoms with Crippen molar-refractivity contribution in [1.29, 1.82) is 0 Å². The van der Waals surface area contributed by atoms with Crippen molar-refractivity contribution in [2.45, 2.75) is 0 Å². The lowest BCUT2D eigenvalue weighted by Crippen LogP contribution is -1.95. The van der Waals surface area contributed by atoms with Gasteiger partial charge < -0.3 is 0 Å². The zero-order chi connectivity index (χ0) is 13.4. The van der Waals surface area contributed by atoms with Crippen molar-refractivity contribution >= 4 is 49.9 Å². The third kappa shape index (κ3) is 2.31. The summed E-state index contributed by atoms with van der Waals surface area (Å²) >= 11 is 15.2.